The van der Waals surface area contributed by atoms with Gasteiger partial charge in [0, 0.05) is 17.3 Å². The van der Waals surface area contributed by atoms with Crippen LogP contribution in [-0.4, -0.2) is 47.7 Å². The predicted octanol–water partition coefficient (Wildman–Crippen LogP) is 11.9. The molecule has 47 heavy (non-hydrogen) atoms. The van der Waals surface area contributed by atoms with Gasteiger partial charge in [-0.25, -0.2) is 0 Å². The molecule has 0 aliphatic rings. The summed E-state index contributed by atoms with van der Waals surface area (Å²) in [6.45, 7) is 23.6. The summed E-state index contributed by atoms with van der Waals surface area (Å²) in [4.78, 5) is 27.9. The SMILES string of the molecule is CC#C[C@H](C)[C@H](O[Si](CCCC)(CCCC)CCCC)[C@@H](C)C(=O)C(C)(C)[C@H](CC(=O)OC)O[Si](CCCC)(CCCC)CCCC. The second kappa shape index (κ2) is 25.1. The molecule has 0 bridgehead atoms. The van der Waals surface area contributed by atoms with E-state index in [1.165, 1.54) is 26.4 Å². The number of ketones is 1. The van der Waals surface area contributed by atoms with Crippen LogP contribution in [0.5, 0.6) is 0 Å². The Bertz CT molecular complexity index is 864. The highest BCUT2D eigenvalue weighted by molar-refractivity contribution is 6.74. The van der Waals surface area contributed by atoms with Crippen LogP contribution in [0.2, 0.25) is 36.3 Å². The maximum Gasteiger partial charge on any atom is 0.308 e. The van der Waals surface area contributed by atoms with E-state index in [0.29, 0.717) is 0 Å². The molecule has 0 aliphatic heterocycles. The van der Waals surface area contributed by atoms with Gasteiger partial charge in [-0.1, -0.05) is 145 Å². The number of methoxy groups -OCH3 is 1. The summed E-state index contributed by atoms with van der Waals surface area (Å²) in [5, 5.41) is 0. The number of ether oxygens (including phenoxy) is 1. The fourth-order valence-electron chi connectivity index (χ4n) is 7.21. The zero-order valence-corrected chi connectivity index (χ0v) is 35.3. The van der Waals surface area contributed by atoms with Crippen molar-refractivity contribution in [3.63, 3.8) is 0 Å². The zero-order valence-electron chi connectivity index (χ0n) is 33.3. The molecule has 7 heteroatoms. The van der Waals surface area contributed by atoms with Crippen LogP contribution < -0.4 is 0 Å². The Morgan fingerprint density at radius 3 is 1.34 bits per heavy atom. The van der Waals surface area contributed by atoms with E-state index in [2.05, 4.69) is 67.2 Å². The van der Waals surface area contributed by atoms with Crippen molar-refractivity contribution in [3.8, 4) is 11.8 Å². The molecule has 0 unspecified atom stereocenters. The van der Waals surface area contributed by atoms with Gasteiger partial charge in [0.05, 0.1) is 25.7 Å². The van der Waals surface area contributed by atoms with E-state index in [0.717, 1.165) is 94.1 Å². The van der Waals surface area contributed by atoms with Crippen molar-refractivity contribution in [1.82, 2.24) is 0 Å². The number of hydrogen-bond donors (Lipinski definition) is 0. The van der Waals surface area contributed by atoms with Gasteiger partial charge in [0.15, 0.2) is 16.6 Å². The largest absolute Gasteiger partial charge is 0.469 e. The molecule has 0 spiro atoms. The topological polar surface area (TPSA) is 61.8 Å². The minimum Gasteiger partial charge on any atom is -0.469 e. The number of rotatable bonds is 29. The Morgan fingerprint density at radius 1 is 0.660 bits per heavy atom. The van der Waals surface area contributed by atoms with Crippen LogP contribution >= 0.6 is 0 Å². The Labute approximate surface area is 295 Å². The molecule has 0 amide bonds. The van der Waals surface area contributed by atoms with Gasteiger partial charge >= 0.3 is 5.97 Å². The second-order valence-electron chi connectivity index (χ2n) is 15.0. The third kappa shape index (κ3) is 16.1. The standard InChI is InChI=1S/C40H78O5Si2/c1-13-20-27-46(28-21-14-2,29-22-15-3)44-36(33-37(41)43-12)40(10,11)39(42)35(9)38(34(8)26-19-7)45-47(30-23-16-4,31-24-17-5)32-25-18-6/h34-36,38H,13-18,20-25,27-33H2,1-12H3/t34-,35+,36-,38-/m0/s1. The number of esters is 1. The quantitative estimate of drug-likeness (QED) is 0.0443. The van der Waals surface area contributed by atoms with Crippen molar-refractivity contribution in [2.75, 3.05) is 7.11 Å². The first-order valence-electron chi connectivity index (χ1n) is 19.7. The Morgan fingerprint density at radius 2 is 1.02 bits per heavy atom. The van der Waals surface area contributed by atoms with Crippen LogP contribution in [0.1, 0.15) is 160 Å². The molecule has 0 N–H and O–H groups in total. The van der Waals surface area contributed by atoms with Gasteiger partial charge in [0.1, 0.15) is 5.78 Å². The summed E-state index contributed by atoms with van der Waals surface area (Å²) in [5.74, 6) is 5.90. The van der Waals surface area contributed by atoms with Crippen molar-refractivity contribution in [1.29, 1.82) is 0 Å². The normalized spacial score (nSPS) is 15.0. The van der Waals surface area contributed by atoms with Gasteiger partial charge in [-0.3, -0.25) is 9.59 Å². The Kier molecular flexibility index (Phi) is 24.6. The Balaban J connectivity index is 6.96. The molecule has 0 aromatic heterocycles. The fourth-order valence-corrected chi connectivity index (χ4v) is 17.4. The van der Waals surface area contributed by atoms with Crippen molar-refractivity contribution < 1.29 is 23.2 Å². The second-order valence-corrected chi connectivity index (χ2v) is 23.2. The van der Waals surface area contributed by atoms with Gasteiger partial charge in [-0.15, -0.1) is 5.92 Å². The van der Waals surface area contributed by atoms with Crippen LogP contribution in [0.3, 0.4) is 0 Å². The lowest BCUT2D eigenvalue weighted by Gasteiger charge is -2.44. The van der Waals surface area contributed by atoms with E-state index in [9.17, 15) is 9.59 Å². The van der Waals surface area contributed by atoms with E-state index in [-0.39, 0.29) is 36.1 Å². The van der Waals surface area contributed by atoms with E-state index in [1.807, 2.05) is 20.8 Å². The third-order valence-electron chi connectivity index (χ3n) is 10.5. The van der Waals surface area contributed by atoms with E-state index < -0.39 is 28.2 Å². The van der Waals surface area contributed by atoms with Crippen LogP contribution in [0, 0.1) is 29.1 Å². The first kappa shape index (κ1) is 46.1. The summed E-state index contributed by atoms with van der Waals surface area (Å²) >= 11 is 0. The molecule has 0 aromatic carbocycles. The van der Waals surface area contributed by atoms with Crippen LogP contribution in [0.15, 0.2) is 0 Å². The first-order chi connectivity index (χ1) is 22.3. The molecule has 276 valence electrons. The van der Waals surface area contributed by atoms with Crippen molar-refractivity contribution in [3.05, 3.63) is 0 Å². The molecule has 0 rings (SSSR count). The summed E-state index contributed by atoms with van der Waals surface area (Å²) in [7, 11) is -2.95. The van der Waals surface area contributed by atoms with Crippen molar-refractivity contribution in [2.45, 2.75) is 208 Å². The average molecular weight is 695 g/mol. The zero-order chi connectivity index (χ0) is 35.9. The molecule has 0 aliphatic carbocycles. The lowest BCUT2D eigenvalue weighted by atomic mass is 9.73. The number of carbonyl (C=O) groups excluding carboxylic acids is 2. The number of hydrogen-bond acceptors (Lipinski definition) is 5. The highest BCUT2D eigenvalue weighted by Gasteiger charge is 2.49. The van der Waals surface area contributed by atoms with Gasteiger partial charge in [0.2, 0.25) is 0 Å². The van der Waals surface area contributed by atoms with E-state index in [4.69, 9.17) is 13.6 Å². The molecule has 0 fully saturated rings. The highest BCUT2D eigenvalue weighted by Crippen LogP contribution is 2.41. The minimum absolute atomic E-state index is 0.0707. The van der Waals surface area contributed by atoms with Crippen LogP contribution in [0.25, 0.3) is 0 Å². The third-order valence-corrected chi connectivity index (χ3v) is 19.6. The number of carbonyl (C=O) groups is 2. The number of Topliss-reactive ketones (excluding diaryl/α,β-unsaturated/α-hetero) is 1. The summed E-state index contributed by atoms with van der Waals surface area (Å²) in [6, 6.07) is 6.67. The molecular weight excluding hydrogens is 617 g/mol. The summed E-state index contributed by atoms with van der Waals surface area (Å²) in [6.07, 6.45) is 13.0. The molecule has 0 saturated carbocycles. The lowest BCUT2D eigenvalue weighted by molar-refractivity contribution is -0.148. The van der Waals surface area contributed by atoms with Gasteiger partial charge in [-0.2, -0.15) is 0 Å². The lowest BCUT2D eigenvalue weighted by Crippen LogP contribution is -2.53. The smallest absolute Gasteiger partial charge is 0.308 e. The molecule has 0 saturated heterocycles. The number of unbranched alkanes of at least 4 members (excludes halogenated alkanes) is 6. The molecular formula is C40H78O5Si2. The molecule has 5 nitrogen and oxygen atoms in total. The molecule has 0 radical (unpaired) electrons. The molecule has 0 aromatic rings. The summed E-state index contributed by atoms with van der Waals surface area (Å²) < 4.78 is 20.0. The van der Waals surface area contributed by atoms with Gasteiger partial charge < -0.3 is 13.6 Å². The molecule has 4 atom stereocenters. The van der Waals surface area contributed by atoms with Gasteiger partial charge in [0.25, 0.3) is 0 Å². The highest BCUT2D eigenvalue weighted by atomic mass is 28.4. The first-order valence-corrected chi connectivity index (χ1v) is 24.8. The van der Waals surface area contributed by atoms with Crippen molar-refractivity contribution in [2.24, 2.45) is 17.3 Å². The maximum absolute atomic E-state index is 15.0. The maximum atomic E-state index is 15.0. The van der Waals surface area contributed by atoms with Crippen molar-refractivity contribution >= 4 is 28.4 Å². The minimum atomic E-state index is -2.24. The summed E-state index contributed by atoms with van der Waals surface area (Å²) in [5.41, 5.74) is -0.891. The Hall–Kier alpha value is -0.946. The van der Waals surface area contributed by atoms with Crippen LogP contribution in [0.4, 0.5) is 0 Å². The monoisotopic (exact) mass is 695 g/mol. The average Bonchev–Trinajstić information content (AvgIpc) is 3.06. The van der Waals surface area contributed by atoms with Crippen LogP contribution in [-0.2, 0) is 23.2 Å². The molecule has 0 heterocycles. The van der Waals surface area contributed by atoms with E-state index in [1.54, 1.807) is 0 Å². The fraction of sp³-hybridized carbons (Fsp3) is 0.900. The van der Waals surface area contributed by atoms with Gasteiger partial charge in [-0.05, 0) is 50.1 Å². The predicted molar refractivity (Wildman–Crippen MR) is 207 cm³/mol. The van der Waals surface area contributed by atoms with E-state index >= 15 is 0 Å².